The minimum absolute atomic E-state index is 0.0302. The normalized spacial score (nSPS) is 16.4. The maximum Gasteiger partial charge on any atom is 0.323 e. The molecule has 0 bridgehead atoms. The average molecular weight is 483 g/mol. The van der Waals surface area contributed by atoms with Gasteiger partial charge < -0.3 is 30.3 Å². The summed E-state index contributed by atoms with van der Waals surface area (Å²) in [6.07, 6.45) is 0.918. The molecule has 2 aromatic carbocycles. The molecule has 0 aliphatic carbocycles. The lowest BCUT2D eigenvalue weighted by Crippen LogP contribution is -2.41. The highest BCUT2D eigenvalue weighted by Crippen LogP contribution is 2.33. The first-order valence-electron chi connectivity index (χ1n) is 11.7. The van der Waals surface area contributed by atoms with Crippen molar-refractivity contribution in [3.63, 3.8) is 0 Å². The third kappa shape index (κ3) is 6.95. The summed E-state index contributed by atoms with van der Waals surface area (Å²) in [7, 11) is 1.52. The molecule has 0 spiro atoms. The van der Waals surface area contributed by atoms with Crippen molar-refractivity contribution in [3.05, 3.63) is 48.0 Å². The summed E-state index contributed by atoms with van der Waals surface area (Å²) in [6, 6.07) is 12.3. The van der Waals surface area contributed by atoms with Crippen molar-refractivity contribution in [2.45, 2.75) is 39.7 Å². The van der Waals surface area contributed by atoms with Crippen LogP contribution in [0.1, 0.15) is 32.3 Å². The number of nitrogens with one attached hydrogen (secondary N) is 2. The second-order valence-electron chi connectivity index (χ2n) is 9.07. The molecule has 1 aliphatic rings. The highest BCUT2D eigenvalue weighted by atomic mass is 16.5. The predicted octanol–water partition coefficient (Wildman–Crippen LogP) is 4.19. The Balaban J connectivity index is 1.71. The van der Waals surface area contributed by atoms with Crippen LogP contribution >= 0.6 is 0 Å². The molecule has 3 amide bonds. The number of rotatable bonds is 9. The summed E-state index contributed by atoms with van der Waals surface area (Å²) in [5.41, 5.74) is 2.84. The first-order valence-corrected chi connectivity index (χ1v) is 11.7. The molecule has 3 rings (SSSR count). The molecule has 188 valence electrons. The number of carbonyl (C=O) groups excluding carboxylic acids is 2. The number of hydrogen-bond acceptors (Lipinski definition) is 5. The molecule has 2 unspecified atom stereocenters. The van der Waals surface area contributed by atoms with E-state index in [1.165, 1.54) is 14.0 Å². The predicted molar refractivity (Wildman–Crippen MR) is 136 cm³/mol. The minimum Gasteiger partial charge on any atom is -0.494 e. The molecule has 1 saturated heterocycles. The smallest absolute Gasteiger partial charge is 0.323 e. The van der Waals surface area contributed by atoms with Crippen LogP contribution in [0, 0.1) is 12.8 Å². The van der Waals surface area contributed by atoms with Crippen molar-refractivity contribution in [1.29, 1.82) is 0 Å². The van der Waals surface area contributed by atoms with Gasteiger partial charge >= 0.3 is 12.0 Å². The first-order chi connectivity index (χ1) is 16.7. The fourth-order valence-electron chi connectivity index (χ4n) is 4.56. The second-order valence-corrected chi connectivity index (χ2v) is 9.07. The van der Waals surface area contributed by atoms with E-state index in [9.17, 15) is 14.4 Å². The van der Waals surface area contributed by atoms with E-state index in [4.69, 9.17) is 9.84 Å². The van der Waals surface area contributed by atoms with Crippen LogP contribution < -0.4 is 20.3 Å². The van der Waals surface area contributed by atoms with Gasteiger partial charge in [0.1, 0.15) is 5.75 Å². The van der Waals surface area contributed by atoms with E-state index in [1.807, 2.05) is 38.1 Å². The van der Waals surface area contributed by atoms with E-state index in [0.717, 1.165) is 18.5 Å². The summed E-state index contributed by atoms with van der Waals surface area (Å²) in [5, 5.41) is 14.7. The van der Waals surface area contributed by atoms with Crippen LogP contribution in [-0.4, -0.2) is 60.7 Å². The second kappa shape index (κ2) is 11.7. The van der Waals surface area contributed by atoms with Crippen LogP contribution in [0.5, 0.6) is 5.75 Å². The first kappa shape index (κ1) is 26.0. The van der Waals surface area contributed by atoms with E-state index < -0.39 is 12.0 Å². The Labute approximate surface area is 206 Å². The number of hydrogen-bond donors (Lipinski definition) is 3. The molecule has 3 N–H and O–H groups in total. The molecule has 1 fully saturated rings. The lowest BCUT2D eigenvalue weighted by molar-refractivity contribution is -0.138. The maximum absolute atomic E-state index is 12.6. The van der Waals surface area contributed by atoms with Crippen LogP contribution in [0.2, 0.25) is 0 Å². The number of carboxylic acids is 1. The van der Waals surface area contributed by atoms with Crippen LogP contribution in [0.25, 0.3) is 0 Å². The Kier molecular flexibility index (Phi) is 8.70. The lowest BCUT2D eigenvalue weighted by atomic mass is 10.1. The highest BCUT2D eigenvalue weighted by Gasteiger charge is 2.31. The molecule has 2 aromatic rings. The standard InChI is InChI=1S/C26H34N4O5/c1-17(13-25(32)33)15-29-12-11-21(16-29)30(19(3)31)20-9-10-23(24(14-20)35-4)28-26(34)27-22-8-6-5-7-18(22)2/h5-10,14,17,21H,11-13,15-16H2,1-4H3,(H,32,33)(H2,27,28,34). The average Bonchev–Trinajstić information content (AvgIpc) is 3.23. The molecule has 35 heavy (non-hydrogen) atoms. The number of aliphatic carboxylic acids is 1. The summed E-state index contributed by atoms with van der Waals surface area (Å²) in [5.74, 6) is -0.408. The van der Waals surface area contributed by atoms with Crippen LogP contribution in [0.4, 0.5) is 21.9 Å². The summed E-state index contributed by atoms with van der Waals surface area (Å²) >= 11 is 0. The Morgan fingerprint density at radius 3 is 2.54 bits per heavy atom. The number of ether oxygens (including phenoxy) is 1. The number of benzene rings is 2. The number of para-hydroxylation sites is 1. The molecule has 0 radical (unpaired) electrons. The number of nitrogens with zero attached hydrogens (tertiary/aromatic N) is 2. The Hall–Kier alpha value is -3.59. The molecule has 1 aliphatic heterocycles. The van der Waals surface area contributed by atoms with E-state index >= 15 is 0 Å². The SMILES string of the molecule is COc1cc(N(C(C)=O)C2CCN(CC(C)CC(=O)O)C2)ccc1NC(=O)Nc1ccccc1C. The van der Waals surface area contributed by atoms with Gasteiger partial charge in [-0.15, -0.1) is 0 Å². The number of likely N-dealkylation sites (tertiary alicyclic amines) is 1. The summed E-state index contributed by atoms with van der Waals surface area (Å²) in [6.45, 7) is 7.52. The number of amides is 3. The van der Waals surface area contributed by atoms with Gasteiger partial charge in [-0.05, 0) is 43.0 Å². The zero-order valence-electron chi connectivity index (χ0n) is 20.7. The fraction of sp³-hybridized carbons (Fsp3) is 0.423. The van der Waals surface area contributed by atoms with Crippen LogP contribution in [-0.2, 0) is 9.59 Å². The fourth-order valence-corrected chi connectivity index (χ4v) is 4.56. The summed E-state index contributed by atoms with van der Waals surface area (Å²) < 4.78 is 5.52. The van der Waals surface area contributed by atoms with Crippen LogP contribution in [0.15, 0.2) is 42.5 Å². The van der Waals surface area contributed by atoms with Gasteiger partial charge in [0.05, 0.1) is 18.8 Å². The van der Waals surface area contributed by atoms with Crippen molar-refractivity contribution >= 4 is 35.0 Å². The third-order valence-corrected chi connectivity index (χ3v) is 6.15. The topological polar surface area (TPSA) is 111 Å². The number of methoxy groups -OCH3 is 1. The molecule has 0 saturated carbocycles. The van der Waals surface area contributed by atoms with E-state index in [0.29, 0.717) is 35.9 Å². The van der Waals surface area contributed by atoms with Crippen molar-refractivity contribution in [2.24, 2.45) is 5.92 Å². The van der Waals surface area contributed by atoms with E-state index in [-0.39, 0.29) is 24.3 Å². The number of aryl methyl sites for hydroxylation is 1. The quantitative estimate of drug-likeness (QED) is 0.494. The van der Waals surface area contributed by atoms with Crippen molar-refractivity contribution in [1.82, 2.24) is 4.90 Å². The Morgan fingerprint density at radius 1 is 1.17 bits per heavy atom. The van der Waals surface area contributed by atoms with Gasteiger partial charge in [0.25, 0.3) is 0 Å². The molecule has 1 heterocycles. The van der Waals surface area contributed by atoms with Gasteiger partial charge in [0, 0.05) is 50.4 Å². The summed E-state index contributed by atoms with van der Waals surface area (Å²) in [4.78, 5) is 40.1. The molecule has 9 heteroatoms. The van der Waals surface area contributed by atoms with Crippen molar-refractivity contribution < 1.29 is 24.2 Å². The lowest BCUT2D eigenvalue weighted by Gasteiger charge is -2.29. The molecule has 0 aromatic heterocycles. The van der Waals surface area contributed by atoms with Gasteiger partial charge in [0.15, 0.2) is 0 Å². The molecule has 2 atom stereocenters. The van der Waals surface area contributed by atoms with Gasteiger partial charge in [-0.1, -0.05) is 25.1 Å². The largest absolute Gasteiger partial charge is 0.494 e. The molecular weight excluding hydrogens is 448 g/mol. The van der Waals surface area contributed by atoms with Crippen LogP contribution in [0.3, 0.4) is 0 Å². The van der Waals surface area contributed by atoms with E-state index in [2.05, 4.69) is 15.5 Å². The highest BCUT2D eigenvalue weighted by molar-refractivity contribution is 6.01. The monoisotopic (exact) mass is 482 g/mol. The number of carboxylic acid groups (broad SMARTS) is 1. The zero-order chi connectivity index (χ0) is 25.5. The van der Waals surface area contributed by atoms with Gasteiger partial charge in [0.2, 0.25) is 5.91 Å². The number of carbonyl (C=O) groups is 3. The van der Waals surface area contributed by atoms with Crippen molar-refractivity contribution in [3.8, 4) is 5.75 Å². The minimum atomic E-state index is -0.799. The Morgan fingerprint density at radius 2 is 1.89 bits per heavy atom. The number of anilines is 3. The van der Waals surface area contributed by atoms with Gasteiger partial charge in [-0.25, -0.2) is 4.79 Å². The number of urea groups is 1. The zero-order valence-corrected chi connectivity index (χ0v) is 20.7. The van der Waals surface area contributed by atoms with Gasteiger partial charge in [-0.2, -0.15) is 0 Å². The van der Waals surface area contributed by atoms with Crippen molar-refractivity contribution in [2.75, 3.05) is 42.3 Å². The van der Waals surface area contributed by atoms with Gasteiger partial charge in [-0.3, -0.25) is 9.59 Å². The van der Waals surface area contributed by atoms with E-state index in [1.54, 1.807) is 23.1 Å². The Bertz CT molecular complexity index is 1070. The molecule has 9 nitrogen and oxygen atoms in total. The molecular formula is C26H34N4O5. The third-order valence-electron chi connectivity index (χ3n) is 6.15. The maximum atomic E-state index is 12.6.